The summed E-state index contributed by atoms with van der Waals surface area (Å²) in [4.78, 5) is 15.0. The fourth-order valence-corrected chi connectivity index (χ4v) is 4.17. The highest BCUT2D eigenvalue weighted by atomic mass is 16.5. The molecule has 1 aliphatic heterocycles. The lowest BCUT2D eigenvalue weighted by Gasteiger charge is -2.18. The van der Waals surface area contributed by atoms with E-state index in [1.165, 1.54) is 11.1 Å². The van der Waals surface area contributed by atoms with E-state index in [9.17, 15) is 4.79 Å². The molecule has 5 rings (SSSR count). The maximum absolute atomic E-state index is 13.2. The van der Waals surface area contributed by atoms with Crippen LogP contribution in [0.4, 0.5) is 0 Å². The molecule has 0 radical (unpaired) electrons. The van der Waals surface area contributed by atoms with Crippen molar-refractivity contribution < 1.29 is 9.53 Å². The minimum Gasteiger partial charge on any atom is -0.494 e. The van der Waals surface area contributed by atoms with Crippen LogP contribution in [0.3, 0.4) is 0 Å². The minimum atomic E-state index is 0.00207. The molecule has 0 aliphatic carbocycles. The van der Waals surface area contributed by atoms with Crippen LogP contribution in [-0.2, 0) is 13.1 Å². The van der Waals surface area contributed by atoms with Crippen molar-refractivity contribution in [2.45, 2.75) is 33.9 Å². The molecule has 0 saturated heterocycles. The number of rotatable bonds is 5. The van der Waals surface area contributed by atoms with Crippen molar-refractivity contribution >= 4 is 5.91 Å². The number of benzene rings is 2. The van der Waals surface area contributed by atoms with Gasteiger partial charge in [0.05, 0.1) is 31.1 Å². The molecule has 6 heteroatoms. The summed E-state index contributed by atoms with van der Waals surface area (Å²) in [5.74, 6) is 1.76. The van der Waals surface area contributed by atoms with Crippen molar-refractivity contribution in [3.8, 4) is 17.3 Å². The number of carbonyl (C=O) groups excluding carboxylic acids is 1. The van der Waals surface area contributed by atoms with Crippen molar-refractivity contribution in [1.29, 1.82) is 0 Å². The molecule has 6 nitrogen and oxygen atoms in total. The Balaban J connectivity index is 1.48. The normalized spacial score (nSPS) is 12.8. The van der Waals surface area contributed by atoms with Crippen LogP contribution in [0.5, 0.6) is 5.75 Å². The topological polar surface area (TPSA) is 52.3 Å². The molecule has 2 aromatic heterocycles. The van der Waals surface area contributed by atoms with Crippen LogP contribution in [0.2, 0.25) is 0 Å². The quantitative estimate of drug-likeness (QED) is 0.459. The highest BCUT2D eigenvalue weighted by molar-refractivity contribution is 5.94. The standard InChI is InChI=1S/C26H26N4O2/c1-4-32-22-11-8-20(9-12-22)26(31)29-16-23-24(17-29)27-30(25(23)28-13-5-6-14-28)21-10-7-18(2)19(3)15-21/h5-15H,4,16-17H2,1-3H3. The lowest BCUT2D eigenvalue weighted by Crippen LogP contribution is -2.26. The van der Waals surface area contributed by atoms with Crippen molar-refractivity contribution in [3.05, 3.63) is 94.9 Å². The number of hydrogen-bond donors (Lipinski definition) is 0. The van der Waals surface area contributed by atoms with Gasteiger partial charge in [-0.15, -0.1) is 0 Å². The maximum Gasteiger partial charge on any atom is 0.254 e. The lowest BCUT2D eigenvalue weighted by molar-refractivity contribution is 0.0749. The largest absolute Gasteiger partial charge is 0.494 e. The number of ether oxygens (including phenoxy) is 1. The summed E-state index contributed by atoms with van der Waals surface area (Å²) in [5.41, 5.74) is 6.18. The van der Waals surface area contributed by atoms with E-state index in [1.54, 1.807) is 0 Å². The van der Waals surface area contributed by atoms with E-state index in [-0.39, 0.29) is 5.91 Å². The highest BCUT2D eigenvalue weighted by Crippen LogP contribution is 2.32. The van der Waals surface area contributed by atoms with Crippen molar-refractivity contribution in [2.24, 2.45) is 0 Å². The smallest absolute Gasteiger partial charge is 0.254 e. The van der Waals surface area contributed by atoms with E-state index in [1.807, 2.05) is 65.3 Å². The molecule has 32 heavy (non-hydrogen) atoms. The summed E-state index contributed by atoms with van der Waals surface area (Å²) in [6.07, 6.45) is 4.04. The zero-order chi connectivity index (χ0) is 22.2. The fourth-order valence-electron chi connectivity index (χ4n) is 4.17. The van der Waals surface area contributed by atoms with Gasteiger partial charge in [0.1, 0.15) is 11.6 Å². The molecule has 3 heterocycles. The van der Waals surface area contributed by atoms with E-state index in [0.29, 0.717) is 25.3 Å². The monoisotopic (exact) mass is 426 g/mol. The molecular weight excluding hydrogens is 400 g/mol. The first-order valence-electron chi connectivity index (χ1n) is 10.9. The van der Waals surface area contributed by atoms with E-state index >= 15 is 0 Å². The van der Waals surface area contributed by atoms with Crippen LogP contribution in [0.1, 0.15) is 39.7 Å². The number of fused-ring (bicyclic) bond motifs is 1. The van der Waals surface area contributed by atoms with Crippen molar-refractivity contribution in [3.63, 3.8) is 0 Å². The molecule has 0 saturated carbocycles. The molecule has 0 spiro atoms. The molecule has 0 atom stereocenters. The van der Waals surface area contributed by atoms with Gasteiger partial charge in [0.15, 0.2) is 0 Å². The summed E-state index contributed by atoms with van der Waals surface area (Å²) in [7, 11) is 0. The van der Waals surface area contributed by atoms with Gasteiger partial charge in [0, 0.05) is 23.5 Å². The third-order valence-electron chi connectivity index (χ3n) is 6.01. The Morgan fingerprint density at radius 3 is 2.44 bits per heavy atom. The molecule has 1 aliphatic rings. The van der Waals surface area contributed by atoms with Gasteiger partial charge in [-0.1, -0.05) is 6.07 Å². The van der Waals surface area contributed by atoms with Crippen molar-refractivity contribution in [2.75, 3.05) is 6.61 Å². The number of carbonyl (C=O) groups is 1. The first kappa shape index (κ1) is 20.1. The van der Waals surface area contributed by atoms with Gasteiger partial charge >= 0.3 is 0 Å². The van der Waals surface area contributed by atoms with Crippen LogP contribution in [0.25, 0.3) is 11.5 Å². The maximum atomic E-state index is 13.2. The molecule has 0 fully saturated rings. The number of nitrogens with zero attached hydrogens (tertiary/aromatic N) is 4. The van der Waals surface area contributed by atoms with Gasteiger partial charge in [-0.2, -0.15) is 5.10 Å². The van der Waals surface area contributed by atoms with E-state index in [0.717, 1.165) is 28.5 Å². The van der Waals surface area contributed by atoms with Gasteiger partial charge in [0.25, 0.3) is 5.91 Å². The predicted molar refractivity (Wildman–Crippen MR) is 124 cm³/mol. The fraction of sp³-hybridized carbons (Fsp3) is 0.231. The number of aryl methyl sites for hydroxylation is 2. The van der Waals surface area contributed by atoms with Crippen LogP contribution in [0.15, 0.2) is 67.0 Å². The molecular formula is C26H26N4O2. The zero-order valence-electron chi connectivity index (χ0n) is 18.6. The first-order valence-corrected chi connectivity index (χ1v) is 10.9. The van der Waals surface area contributed by atoms with Gasteiger partial charge in [-0.3, -0.25) is 4.79 Å². The van der Waals surface area contributed by atoms with Crippen molar-refractivity contribution in [1.82, 2.24) is 19.2 Å². The summed E-state index contributed by atoms with van der Waals surface area (Å²) in [6.45, 7) is 7.79. The third kappa shape index (κ3) is 3.47. The SMILES string of the molecule is CCOc1ccc(C(=O)N2Cc3nn(-c4ccc(C)c(C)c4)c(-n4cccc4)c3C2)cc1. The van der Waals surface area contributed by atoms with Crippen LogP contribution < -0.4 is 4.74 Å². The van der Waals surface area contributed by atoms with Gasteiger partial charge in [-0.25, -0.2) is 4.68 Å². The molecule has 0 N–H and O–H groups in total. The zero-order valence-corrected chi connectivity index (χ0v) is 18.6. The number of hydrogen-bond acceptors (Lipinski definition) is 3. The minimum absolute atomic E-state index is 0.00207. The lowest BCUT2D eigenvalue weighted by atomic mass is 10.1. The van der Waals surface area contributed by atoms with E-state index in [4.69, 9.17) is 9.84 Å². The summed E-state index contributed by atoms with van der Waals surface area (Å²) in [6, 6.07) is 17.7. The Bertz CT molecular complexity index is 1270. The van der Waals surface area contributed by atoms with Crippen LogP contribution in [-0.4, -0.2) is 31.8 Å². The predicted octanol–water partition coefficient (Wildman–Crippen LogP) is 4.83. The average Bonchev–Trinajstić information content (AvgIpc) is 3.52. The summed E-state index contributed by atoms with van der Waals surface area (Å²) in [5, 5.41) is 4.93. The van der Waals surface area contributed by atoms with Gasteiger partial charge in [0.2, 0.25) is 0 Å². The Hall–Kier alpha value is -3.80. The molecule has 162 valence electrons. The second-order valence-corrected chi connectivity index (χ2v) is 8.14. The molecule has 0 unspecified atom stereocenters. The summed E-state index contributed by atoms with van der Waals surface area (Å²) >= 11 is 0. The Morgan fingerprint density at radius 2 is 1.75 bits per heavy atom. The number of amides is 1. The van der Waals surface area contributed by atoms with Crippen LogP contribution >= 0.6 is 0 Å². The second kappa shape index (κ2) is 8.04. The molecule has 0 bridgehead atoms. The average molecular weight is 427 g/mol. The molecule has 2 aromatic carbocycles. The Kier molecular flexibility index (Phi) is 5.05. The van der Waals surface area contributed by atoms with Gasteiger partial charge in [-0.05, 0) is 80.4 Å². The first-order chi connectivity index (χ1) is 15.5. The Morgan fingerprint density at radius 1 is 1.00 bits per heavy atom. The highest BCUT2D eigenvalue weighted by Gasteiger charge is 2.32. The Labute approximate surface area is 187 Å². The third-order valence-corrected chi connectivity index (χ3v) is 6.01. The van der Waals surface area contributed by atoms with Crippen LogP contribution in [0, 0.1) is 13.8 Å². The van der Waals surface area contributed by atoms with E-state index in [2.05, 4.69) is 36.6 Å². The second-order valence-electron chi connectivity index (χ2n) is 8.14. The number of aromatic nitrogens is 3. The van der Waals surface area contributed by atoms with E-state index < -0.39 is 0 Å². The van der Waals surface area contributed by atoms with Gasteiger partial charge < -0.3 is 14.2 Å². The molecule has 1 amide bonds. The summed E-state index contributed by atoms with van der Waals surface area (Å²) < 4.78 is 9.56. The molecule has 4 aromatic rings.